The van der Waals surface area contributed by atoms with Gasteiger partial charge in [0.15, 0.2) is 6.10 Å². The Balaban J connectivity index is 1.46. The van der Waals surface area contributed by atoms with Crippen molar-refractivity contribution >= 4 is 27.7 Å². The molecule has 0 aliphatic heterocycles. The van der Waals surface area contributed by atoms with E-state index in [4.69, 9.17) is 9.47 Å². The van der Waals surface area contributed by atoms with Crippen molar-refractivity contribution in [3.8, 4) is 5.75 Å². The van der Waals surface area contributed by atoms with Crippen molar-refractivity contribution in [1.29, 1.82) is 0 Å². The van der Waals surface area contributed by atoms with Crippen LogP contribution in [0.5, 0.6) is 5.75 Å². The number of methoxy groups -OCH3 is 1. The van der Waals surface area contributed by atoms with Crippen LogP contribution in [-0.2, 0) is 9.53 Å². The Hall–Kier alpha value is -1.36. The summed E-state index contributed by atoms with van der Waals surface area (Å²) < 4.78 is 10.9. The number of hydrogen-bond acceptors (Lipinski definition) is 4. The number of alkyl halides is 1. The van der Waals surface area contributed by atoms with Crippen molar-refractivity contribution in [2.45, 2.75) is 55.9 Å². The number of ketones is 1. The second-order valence-electron chi connectivity index (χ2n) is 8.53. The molecule has 1 aromatic rings. The standard InChI is InChI=1S/C21H25BrO4/c1-13(18(23)16-3-5-17(25-2)6-4-16)26-19(24)20-8-14-7-15(9-20)11-21(22,10-14)12-20/h3-6,13-15H,7-12H2,1-2H3/t13-,14-,15+,20?,21?/m1/s1. The van der Waals surface area contributed by atoms with Crippen LogP contribution in [0.2, 0.25) is 0 Å². The van der Waals surface area contributed by atoms with Crippen LogP contribution in [0.15, 0.2) is 24.3 Å². The van der Waals surface area contributed by atoms with E-state index < -0.39 is 11.5 Å². The van der Waals surface area contributed by atoms with E-state index in [-0.39, 0.29) is 16.1 Å². The van der Waals surface area contributed by atoms with Gasteiger partial charge < -0.3 is 9.47 Å². The third-order valence-corrected chi connectivity index (χ3v) is 7.38. The first-order chi connectivity index (χ1) is 12.3. The Bertz CT molecular complexity index is 712. The fraction of sp³-hybridized carbons (Fsp3) is 0.619. The number of Topliss-reactive ketones (excluding diaryl/α,β-unsaturated/α-hetero) is 1. The van der Waals surface area contributed by atoms with Gasteiger partial charge in [-0.2, -0.15) is 0 Å². The molecule has 5 atom stereocenters. The Morgan fingerprint density at radius 2 is 1.73 bits per heavy atom. The number of ether oxygens (including phenoxy) is 2. The highest BCUT2D eigenvalue weighted by Gasteiger charge is 2.60. The summed E-state index contributed by atoms with van der Waals surface area (Å²) in [5.41, 5.74) is 0.135. The van der Waals surface area contributed by atoms with E-state index in [0.717, 1.165) is 19.3 Å². The van der Waals surface area contributed by atoms with Crippen LogP contribution in [0.25, 0.3) is 0 Å². The van der Waals surface area contributed by atoms with Crippen molar-refractivity contribution in [2.24, 2.45) is 17.3 Å². The van der Waals surface area contributed by atoms with E-state index in [1.807, 2.05) is 0 Å². The number of rotatable bonds is 5. The third kappa shape index (κ3) is 3.08. The molecular formula is C21H25BrO4. The zero-order chi connectivity index (χ0) is 18.5. The Morgan fingerprint density at radius 1 is 1.12 bits per heavy atom. The van der Waals surface area contributed by atoms with E-state index in [1.165, 1.54) is 19.3 Å². The molecule has 5 heteroatoms. The van der Waals surface area contributed by atoms with Gasteiger partial charge in [-0.25, -0.2) is 0 Å². The molecule has 2 unspecified atom stereocenters. The van der Waals surface area contributed by atoms with Gasteiger partial charge in [-0.3, -0.25) is 9.59 Å². The number of esters is 1. The second kappa shape index (κ2) is 6.36. The first kappa shape index (κ1) is 18.0. The van der Waals surface area contributed by atoms with Crippen LogP contribution in [0.1, 0.15) is 55.8 Å². The van der Waals surface area contributed by atoms with Crippen LogP contribution in [0, 0.1) is 17.3 Å². The zero-order valence-electron chi connectivity index (χ0n) is 15.3. The Morgan fingerprint density at radius 3 is 2.27 bits per heavy atom. The highest BCUT2D eigenvalue weighted by Crippen LogP contribution is 2.64. The second-order valence-corrected chi connectivity index (χ2v) is 10.2. The zero-order valence-corrected chi connectivity index (χ0v) is 16.9. The van der Waals surface area contributed by atoms with Crippen LogP contribution in [0.3, 0.4) is 0 Å². The van der Waals surface area contributed by atoms with Gasteiger partial charge in [0.1, 0.15) is 5.75 Å². The number of halogens is 1. The molecule has 0 aromatic heterocycles. The summed E-state index contributed by atoms with van der Waals surface area (Å²) in [6.45, 7) is 1.68. The van der Waals surface area contributed by atoms with E-state index in [2.05, 4.69) is 15.9 Å². The minimum Gasteiger partial charge on any atom is -0.497 e. The molecule has 4 saturated carbocycles. The first-order valence-corrected chi connectivity index (χ1v) is 10.2. The maximum atomic E-state index is 13.1. The predicted octanol–water partition coefficient (Wildman–Crippen LogP) is 4.54. The molecule has 4 fully saturated rings. The van der Waals surface area contributed by atoms with Crippen LogP contribution < -0.4 is 4.74 Å². The first-order valence-electron chi connectivity index (χ1n) is 9.41. The molecule has 0 saturated heterocycles. The van der Waals surface area contributed by atoms with Crippen LogP contribution in [0.4, 0.5) is 0 Å². The molecule has 0 amide bonds. The van der Waals surface area contributed by atoms with Crippen molar-refractivity contribution in [1.82, 2.24) is 0 Å². The van der Waals surface area contributed by atoms with Gasteiger partial charge in [0, 0.05) is 9.89 Å². The van der Waals surface area contributed by atoms with Crippen LogP contribution in [-0.4, -0.2) is 29.3 Å². The van der Waals surface area contributed by atoms with E-state index in [9.17, 15) is 9.59 Å². The molecule has 4 nitrogen and oxygen atoms in total. The topological polar surface area (TPSA) is 52.6 Å². The molecule has 1 aromatic carbocycles. The van der Waals surface area contributed by atoms with Crippen molar-refractivity contribution < 1.29 is 19.1 Å². The molecule has 4 aliphatic rings. The quantitative estimate of drug-likeness (QED) is 0.398. The van der Waals surface area contributed by atoms with Gasteiger partial charge in [-0.05, 0) is 81.5 Å². The highest BCUT2D eigenvalue weighted by atomic mass is 79.9. The third-order valence-electron chi connectivity index (χ3n) is 6.45. The number of benzene rings is 1. The number of carbonyl (C=O) groups is 2. The summed E-state index contributed by atoms with van der Waals surface area (Å²) in [5.74, 6) is 1.57. The summed E-state index contributed by atoms with van der Waals surface area (Å²) in [6.07, 6.45) is 5.48. The molecule has 0 N–H and O–H groups in total. The fourth-order valence-electron chi connectivity index (χ4n) is 5.72. The van der Waals surface area contributed by atoms with E-state index >= 15 is 0 Å². The largest absolute Gasteiger partial charge is 0.497 e. The lowest BCUT2D eigenvalue weighted by Gasteiger charge is -2.58. The average Bonchev–Trinajstić information content (AvgIpc) is 2.59. The molecule has 26 heavy (non-hydrogen) atoms. The molecule has 4 aliphatic carbocycles. The summed E-state index contributed by atoms with van der Waals surface area (Å²) in [7, 11) is 1.59. The minimum atomic E-state index is -0.768. The van der Waals surface area contributed by atoms with Gasteiger partial charge in [0.05, 0.1) is 12.5 Å². The SMILES string of the molecule is COc1ccc(C(=O)[C@@H](C)OC(=O)C23C[C@@H]4C[C@@H](CC(Br)(C4)C2)C3)cc1. The highest BCUT2D eigenvalue weighted by molar-refractivity contribution is 9.10. The summed E-state index contributed by atoms with van der Waals surface area (Å²) in [5, 5.41) is 0. The molecule has 0 radical (unpaired) electrons. The van der Waals surface area contributed by atoms with Gasteiger partial charge >= 0.3 is 5.97 Å². The lowest BCUT2D eigenvalue weighted by molar-refractivity contribution is -0.172. The lowest BCUT2D eigenvalue weighted by atomic mass is 9.49. The molecule has 5 rings (SSSR count). The smallest absolute Gasteiger partial charge is 0.312 e. The monoisotopic (exact) mass is 420 g/mol. The van der Waals surface area contributed by atoms with Crippen molar-refractivity contribution in [2.75, 3.05) is 7.11 Å². The molecule has 0 heterocycles. The summed E-state index contributed by atoms with van der Waals surface area (Å²) in [4.78, 5) is 25.7. The summed E-state index contributed by atoms with van der Waals surface area (Å²) >= 11 is 3.92. The average molecular weight is 421 g/mol. The molecule has 4 bridgehead atoms. The molecular weight excluding hydrogens is 396 g/mol. The Kier molecular flexibility index (Phi) is 4.41. The normalized spacial score (nSPS) is 35.8. The van der Waals surface area contributed by atoms with E-state index in [0.29, 0.717) is 23.1 Å². The Labute approximate surface area is 162 Å². The minimum absolute atomic E-state index is 0.0966. The van der Waals surface area contributed by atoms with Gasteiger partial charge in [0.25, 0.3) is 0 Å². The lowest BCUT2D eigenvalue weighted by Crippen LogP contribution is -2.56. The van der Waals surface area contributed by atoms with Gasteiger partial charge in [-0.15, -0.1) is 0 Å². The van der Waals surface area contributed by atoms with E-state index in [1.54, 1.807) is 38.3 Å². The predicted molar refractivity (Wildman–Crippen MR) is 102 cm³/mol. The number of hydrogen-bond donors (Lipinski definition) is 0. The van der Waals surface area contributed by atoms with Crippen molar-refractivity contribution in [3.05, 3.63) is 29.8 Å². The van der Waals surface area contributed by atoms with Crippen LogP contribution >= 0.6 is 15.9 Å². The fourth-order valence-corrected chi connectivity index (χ4v) is 7.17. The van der Waals surface area contributed by atoms with Gasteiger partial charge in [-0.1, -0.05) is 15.9 Å². The maximum Gasteiger partial charge on any atom is 0.312 e. The molecule has 0 spiro atoms. The number of carbonyl (C=O) groups excluding carboxylic acids is 2. The maximum absolute atomic E-state index is 13.1. The van der Waals surface area contributed by atoms with Crippen molar-refractivity contribution in [3.63, 3.8) is 0 Å². The summed E-state index contributed by atoms with van der Waals surface area (Å²) in [6, 6.07) is 6.91. The molecule has 140 valence electrons. The van der Waals surface area contributed by atoms with Gasteiger partial charge in [0.2, 0.25) is 5.78 Å².